The van der Waals surface area contributed by atoms with Crippen LogP contribution in [0.15, 0.2) is 29.3 Å². The van der Waals surface area contributed by atoms with Crippen LogP contribution < -0.4 is 10.9 Å². The van der Waals surface area contributed by atoms with Crippen molar-refractivity contribution in [1.82, 2.24) is 14.5 Å². The molecule has 0 amide bonds. The first-order valence-electron chi connectivity index (χ1n) is 7.12. The lowest BCUT2D eigenvalue weighted by Gasteiger charge is -2.41. The van der Waals surface area contributed by atoms with Gasteiger partial charge in [0.05, 0.1) is 30.4 Å². The third-order valence-corrected chi connectivity index (χ3v) is 5.90. The van der Waals surface area contributed by atoms with E-state index in [1.165, 1.54) is 22.2 Å². The summed E-state index contributed by atoms with van der Waals surface area (Å²) in [5.74, 6) is 0. The third-order valence-electron chi connectivity index (χ3n) is 3.96. The summed E-state index contributed by atoms with van der Waals surface area (Å²) in [6.07, 6.45) is 1.51. The highest BCUT2D eigenvalue weighted by atomic mass is 35.5. The molecule has 1 aromatic carbocycles. The van der Waals surface area contributed by atoms with Crippen LogP contribution in [0.2, 0.25) is 9.49 Å². The zero-order valence-electron chi connectivity index (χ0n) is 12.5. The Hall–Kier alpha value is -1.67. The van der Waals surface area contributed by atoms with Crippen LogP contribution in [-0.2, 0) is 17.3 Å². The minimum absolute atomic E-state index is 0.0945. The average molecular weight is 383 g/mol. The second-order valence-corrected chi connectivity index (χ2v) is 7.64. The molecule has 6 nitrogen and oxygen atoms in total. The van der Waals surface area contributed by atoms with Gasteiger partial charge in [0.15, 0.2) is 5.15 Å². The molecule has 124 valence electrons. The van der Waals surface area contributed by atoms with E-state index in [2.05, 4.69) is 15.3 Å². The molecule has 0 spiro atoms. The third kappa shape index (κ3) is 2.48. The molecule has 3 aromatic rings. The quantitative estimate of drug-likeness (QED) is 0.753. The molecule has 1 saturated heterocycles. The van der Waals surface area contributed by atoms with Crippen molar-refractivity contribution in [2.45, 2.75) is 5.54 Å². The molecule has 24 heavy (non-hydrogen) atoms. The van der Waals surface area contributed by atoms with Gasteiger partial charge in [-0.05, 0) is 18.2 Å². The first-order valence-corrected chi connectivity index (χ1v) is 8.69. The number of thiazole rings is 1. The molecule has 0 unspecified atom stereocenters. The molecule has 0 bridgehead atoms. The summed E-state index contributed by atoms with van der Waals surface area (Å²) in [4.78, 5) is 20.9. The lowest BCUT2D eigenvalue weighted by molar-refractivity contribution is -0.0447. The number of ether oxygens (including phenoxy) is 1. The number of halogens is 2. The summed E-state index contributed by atoms with van der Waals surface area (Å²) < 4.78 is 7.29. The Balaban J connectivity index is 1.75. The van der Waals surface area contributed by atoms with Crippen LogP contribution in [0, 0.1) is 0 Å². The number of benzene rings is 1. The predicted molar refractivity (Wildman–Crippen MR) is 95.2 cm³/mol. The van der Waals surface area contributed by atoms with Crippen molar-refractivity contribution in [2.75, 3.05) is 18.5 Å². The summed E-state index contributed by atoms with van der Waals surface area (Å²) in [6, 6.07) is 5.49. The van der Waals surface area contributed by atoms with Crippen LogP contribution in [0.25, 0.3) is 10.9 Å². The molecule has 2 aromatic heterocycles. The Morgan fingerprint density at radius 3 is 2.79 bits per heavy atom. The summed E-state index contributed by atoms with van der Waals surface area (Å²) in [6.45, 7) is 0.909. The monoisotopic (exact) mass is 382 g/mol. The van der Waals surface area contributed by atoms with Gasteiger partial charge in [0.2, 0.25) is 0 Å². The summed E-state index contributed by atoms with van der Waals surface area (Å²) in [5, 5.41) is 5.03. The van der Waals surface area contributed by atoms with E-state index >= 15 is 0 Å². The second-order valence-electron chi connectivity index (χ2n) is 5.68. The van der Waals surface area contributed by atoms with Gasteiger partial charge >= 0.3 is 0 Å². The summed E-state index contributed by atoms with van der Waals surface area (Å²) >= 11 is 13.3. The lowest BCUT2D eigenvalue weighted by atomic mass is 9.97. The standard InChI is InChI=1S/C15H12Cl2N4O2S/c1-21-7-18-10-3-2-8(4-9(10)13(21)22)20-15(5-23-6-15)14-19-11(16)12(17)24-14/h2-4,7,20H,5-6H2,1H3. The van der Waals surface area contributed by atoms with Crippen molar-refractivity contribution >= 4 is 51.1 Å². The summed E-state index contributed by atoms with van der Waals surface area (Å²) in [5.41, 5.74) is 0.867. The van der Waals surface area contributed by atoms with Crippen molar-refractivity contribution in [3.8, 4) is 0 Å². The molecule has 0 aliphatic carbocycles. The van der Waals surface area contributed by atoms with Crippen LogP contribution >= 0.6 is 34.5 Å². The van der Waals surface area contributed by atoms with Crippen LogP contribution in [-0.4, -0.2) is 27.7 Å². The highest BCUT2D eigenvalue weighted by molar-refractivity contribution is 7.16. The number of anilines is 1. The Kier molecular flexibility index (Phi) is 3.76. The maximum atomic E-state index is 12.3. The van der Waals surface area contributed by atoms with E-state index in [1.807, 2.05) is 12.1 Å². The summed E-state index contributed by atoms with van der Waals surface area (Å²) in [7, 11) is 1.68. The van der Waals surface area contributed by atoms with Crippen LogP contribution in [0.4, 0.5) is 5.69 Å². The number of hydrogen-bond donors (Lipinski definition) is 1. The molecule has 3 heterocycles. The largest absolute Gasteiger partial charge is 0.375 e. The van der Waals surface area contributed by atoms with Crippen molar-refractivity contribution in [3.05, 3.63) is 49.4 Å². The molecule has 0 atom stereocenters. The molecule has 0 radical (unpaired) electrons. The zero-order chi connectivity index (χ0) is 16.9. The van der Waals surface area contributed by atoms with Crippen LogP contribution in [0.3, 0.4) is 0 Å². The second kappa shape index (κ2) is 5.70. The molecule has 9 heteroatoms. The molecule has 1 aliphatic rings. The normalized spacial score (nSPS) is 16.1. The first kappa shape index (κ1) is 15.8. The number of rotatable bonds is 3. The Bertz CT molecular complexity index is 977. The van der Waals surface area contributed by atoms with Gasteiger partial charge in [-0.25, -0.2) is 9.97 Å². The SMILES string of the molecule is Cn1cnc2ccc(NC3(c4nc(Cl)c(Cl)s4)COC3)cc2c1=O. The van der Waals surface area contributed by atoms with Crippen molar-refractivity contribution in [2.24, 2.45) is 7.05 Å². The highest BCUT2D eigenvalue weighted by Crippen LogP contribution is 2.40. The van der Waals surface area contributed by atoms with E-state index in [4.69, 9.17) is 27.9 Å². The van der Waals surface area contributed by atoms with Gasteiger partial charge in [-0.3, -0.25) is 4.79 Å². The van der Waals surface area contributed by atoms with E-state index in [1.54, 1.807) is 13.1 Å². The molecule has 1 N–H and O–H groups in total. The Labute approximate surface area is 151 Å². The van der Waals surface area contributed by atoms with Gasteiger partial charge in [0.25, 0.3) is 5.56 Å². The smallest absolute Gasteiger partial charge is 0.260 e. The Morgan fingerprint density at radius 1 is 1.38 bits per heavy atom. The van der Waals surface area contributed by atoms with E-state index in [0.717, 1.165) is 10.7 Å². The highest BCUT2D eigenvalue weighted by Gasteiger charge is 2.43. The van der Waals surface area contributed by atoms with E-state index in [9.17, 15) is 4.79 Å². The van der Waals surface area contributed by atoms with E-state index in [0.29, 0.717) is 33.6 Å². The van der Waals surface area contributed by atoms with Gasteiger partial charge in [0, 0.05) is 12.7 Å². The maximum absolute atomic E-state index is 12.3. The van der Waals surface area contributed by atoms with E-state index in [-0.39, 0.29) is 5.56 Å². The van der Waals surface area contributed by atoms with Gasteiger partial charge < -0.3 is 14.6 Å². The number of aromatic nitrogens is 3. The number of nitrogens with zero attached hydrogens (tertiary/aromatic N) is 3. The van der Waals surface area contributed by atoms with E-state index < -0.39 is 5.54 Å². The number of hydrogen-bond acceptors (Lipinski definition) is 6. The molecule has 1 aliphatic heterocycles. The van der Waals surface area contributed by atoms with Gasteiger partial charge in [-0.1, -0.05) is 23.2 Å². The first-order chi connectivity index (χ1) is 11.5. The maximum Gasteiger partial charge on any atom is 0.260 e. The molecular formula is C15H12Cl2N4O2S. The van der Waals surface area contributed by atoms with Crippen molar-refractivity contribution in [1.29, 1.82) is 0 Å². The average Bonchev–Trinajstić information content (AvgIpc) is 2.86. The van der Waals surface area contributed by atoms with Crippen molar-refractivity contribution < 1.29 is 4.74 Å². The van der Waals surface area contributed by atoms with Gasteiger partial charge in [0.1, 0.15) is 14.9 Å². The molecule has 4 rings (SSSR count). The van der Waals surface area contributed by atoms with Crippen LogP contribution in [0.5, 0.6) is 0 Å². The van der Waals surface area contributed by atoms with Crippen molar-refractivity contribution in [3.63, 3.8) is 0 Å². The number of nitrogens with one attached hydrogen (secondary N) is 1. The number of aryl methyl sites for hydroxylation is 1. The van der Waals surface area contributed by atoms with Gasteiger partial charge in [-0.2, -0.15) is 0 Å². The predicted octanol–water partition coefficient (Wildman–Crippen LogP) is 3.03. The molecular weight excluding hydrogens is 371 g/mol. The molecule has 0 saturated carbocycles. The van der Waals surface area contributed by atoms with Gasteiger partial charge in [-0.15, -0.1) is 11.3 Å². The lowest BCUT2D eigenvalue weighted by Crippen LogP contribution is -2.52. The number of fused-ring (bicyclic) bond motifs is 1. The van der Waals surface area contributed by atoms with Crippen LogP contribution in [0.1, 0.15) is 5.01 Å². The fraction of sp³-hybridized carbons (Fsp3) is 0.267. The topological polar surface area (TPSA) is 69.0 Å². The fourth-order valence-corrected chi connectivity index (χ4v) is 3.92. The fourth-order valence-electron chi connectivity index (χ4n) is 2.61. The Morgan fingerprint density at radius 2 is 2.17 bits per heavy atom. The minimum Gasteiger partial charge on any atom is -0.375 e. The zero-order valence-corrected chi connectivity index (χ0v) is 14.9. The minimum atomic E-state index is -0.484. The molecule has 1 fully saturated rings.